The van der Waals surface area contributed by atoms with Crippen LogP contribution in [0.15, 0.2) is 28.7 Å². The normalized spacial score (nSPS) is 18.9. The number of fused-ring (bicyclic) bond motifs is 1. The number of oxazole rings is 1. The number of hydrogen-bond acceptors (Lipinski definition) is 4. The molecule has 0 atom stereocenters. The topological polar surface area (TPSA) is 49.6 Å². The maximum absolute atomic E-state index is 13.0. The number of rotatable bonds is 5. The monoisotopic (exact) mass is 341 g/mol. The largest absolute Gasteiger partial charge is 0.423 e. The first-order valence-corrected chi connectivity index (χ1v) is 9.53. The van der Waals surface area contributed by atoms with Crippen LogP contribution in [0.3, 0.4) is 0 Å². The second-order valence-corrected chi connectivity index (χ2v) is 7.84. The van der Waals surface area contributed by atoms with Gasteiger partial charge in [0.1, 0.15) is 5.52 Å². The quantitative estimate of drug-likeness (QED) is 0.832. The van der Waals surface area contributed by atoms with Gasteiger partial charge in [-0.05, 0) is 43.7 Å². The Morgan fingerprint density at radius 1 is 1.24 bits per heavy atom. The maximum Gasteiger partial charge on any atom is 0.298 e. The van der Waals surface area contributed by atoms with Crippen molar-refractivity contribution in [3.05, 3.63) is 24.3 Å². The molecular weight excluding hydrogens is 314 g/mol. The molecule has 1 saturated carbocycles. The molecule has 5 nitrogen and oxygen atoms in total. The molecular formula is C20H27N3O2. The van der Waals surface area contributed by atoms with Crippen molar-refractivity contribution >= 4 is 23.0 Å². The molecule has 0 unspecified atom stereocenters. The van der Waals surface area contributed by atoms with E-state index in [0.29, 0.717) is 23.9 Å². The molecule has 2 fully saturated rings. The van der Waals surface area contributed by atoms with Crippen LogP contribution in [-0.4, -0.2) is 41.5 Å². The van der Waals surface area contributed by atoms with Gasteiger partial charge in [-0.3, -0.25) is 4.79 Å². The highest BCUT2D eigenvalue weighted by Crippen LogP contribution is 2.32. The first-order valence-electron chi connectivity index (χ1n) is 9.53. The summed E-state index contributed by atoms with van der Waals surface area (Å²) in [5.74, 6) is 1.05. The molecule has 25 heavy (non-hydrogen) atoms. The molecule has 1 aliphatic heterocycles. The Morgan fingerprint density at radius 2 is 1.96 bits per heavy atom. The lowest BCUT2D eigenvalue weighted by Gasteiger charge is -2.34. The summed E-state index contributed by atoms with van der Waals surface area (Å²) in [6.45, 7) is 6.96. The Morgan fingerprint density at radius 3 is 2.60 bits per heavy atom. The van der Waals surface area contributed by atoms with Gasteiger partial charge in [0.15, 0.2) is 5.58 Å². The number of hydrogen-bond donors (Lipinski definition) is 0. The summed E-state index contributed by atoms with van der Waals surface area (Å²) in [6.07, 6.45) is 4.14. The Bertz CT molecular complexity index is 709. The smallest absolute Gasteiger partial charge is 0.298 e. The fraction of sp³-hybridized carbons (Fsp3) is 0.600. The lowest BCUT2D eigenvalue weighted by atomic mass is 9.95. The van der Waals surface area contributed by atoms with Gasteiger partial charge in [-0.25, -0.2) is 0 Å². The molecule has 1 aliphatic carbocycles. The lowest BCUT2D eigenvalue weighted by molar-refractivity contribution is -0.137. The van der Waals surface area contributed by atoms with Crippen molar-refractivity contribution in [3.8, 4) is 0 Å². The lowest BCUT2D eigenvalue weighted by Crippen LogP contribution is -2.44. The van der Waals surface area contributed by atoms with Crippen LogP contribution in [-0.2, 0) is 4.79 Å². The zero-order valence-electron chi connectivity index (χ0n) is 15.1. The standard InChI is InChI=1S/C20H27N3O2/c1-14(2)13-23(16-7-8-16)19(24)15-9-11-22(12-10-15)20-21-17-5-3-4-6-18(17)25-20/h3-6,14-16H,7-13H2,1-2H3. The maximum atomic E-state index is 13.0. The third kappa shape index (κ3) is 3.51. The first-order chi connectivity index (χ1) is 12.1. The van der Waals surface area contributed by atoms with Gasteiger partial charge in [0.2, 0.25) is 5.91 Å². The summed E-state index contributed by atoms with van der Waals surface area (Å²) in [7, 11) is 0. The fourth-order valence-electron chi connectivity index (χ4n) is 3.75. The molecule has 1 amide bonds. The highest BCUT2D eigenvalue weighted by molar-refractivity contribution is 5.80. The van der Waals surface area contributed by atoms with E-state index in [0.717, 1.165) is 43.6 Å². The SMILES string of the molecule is CC(C)CN(C(=O)C1CCN(c2nc3ccccc3o2)CC1)C1CC1. The van der Waals surface area contributed by atoms with Crippen LogP contribution in [0.2, 0.25) is 0 Å². The van der Waals surface area contributed by atoms with E-state index >= 15 is 0 Å². The predicted octanol–water partition coefficient (Wildman–Crippen LogP) is 3.69. The van der Waals surface area contributed by atoms with E-state index in [1.807, 2.05) is 24.3 Å². The highest BCUT2D eigenvalue weighted by atomic mass is 16.4. The minimum Gasteiger partial charge on any atom is -0.423 e. The van der Waals surface area contributed by atoms with E-state index in [1.54, 1.807) is 0 Å². The van der Waals surface area contributed by atoms with Gasteiger partial charge in [0.05, 0.1) is 0 Å². The number of anilines is 1. The molecule has 0 bridgehead atoms. The first kappa shape index (κ1) is 16.4. The van der Waals surface area contributed by atoms with Crippen molar-refractivity contribution in [1.82, 2.24) is 9.88 Å². The van der Waals surface area contributed by atoms with Gasteiger partial charge in [0, 0.05) is 31.6 Å². The molecule has 0 spiro atoms. The molecule has 2 aromatic rings. The third-order valence-electron chi connectivity index (χ3n) is 5.23. The third-order valence-corrected chi connectivity index (χ3v) is 5.23. The van der Waals surface area contributed by atoms with Crippen LogP contribution in [0.4, 0.5) is 6.01 Å². The number of carbonyl (C=O) groups excluding carboxylic acids is 1. The molecule has 2 aliphatic rings. The van der Waals surface area contributed by atoms with E-state index < -0.39 is 0 Å². The van der Waals surface area contributed by atoms with Gasteiger partial charge >= 0.3 is 0 Å². The second-order valence-electron chi connectivity index (χ2n) is 7.84. The number of benzene rings is 1. The van der Waals surface area contributed by atoms with E-state index in [-0.39, 0.29) is 5.92 Å². The summed E-state index contributed by atoms with van der Waals surface area (Å²) in [4.78, 5) is 21.9. The van der Waals surface area contributed by atoms with Crippen molar-refractivity contribution < 1.29 is 9.21 Å². The molecule has 2 heterocycles. The average molecular weight is 341 g/mol. The summed E-state index contributed by atoms with van der Waals surface area (Å²) < 4.78 is 5.87. The summed E-state index contributed by atoms with van der Waals surface area (Å²) in [5.41, 5.74) is 1.72. The van der Waals surface area contributed by atoms with Gasteiger partial charge in [0.25, 0.3) is 6.01 Å². The van der Waals surface area contributed by atoms with Crippen molar-refractivity contribution in [1.29, 1.82) is 0 Å². The van der Waals surface area contributed by atoms with E-state index in [9.17, 15) is 4.79 Å². The van der Waals surface area contributed by atoms with Crippen molar-refractivity contribution in [2.75, 3.05) is 24.5 Å². The van der Waals surface area contributed by atoms with Gasteiger partial charge in [-0.1, -0.05) is 26.0 Å². The molecule has 134 valence electrons. The van der Waals surface area contributed by atoms with Crippen LogP contribution in [0.25, 0.3) is 11.1 Å². The van der Waals surface area contributed by atoms with Crippen molar-refractivity contribution in [2.24, 2.45) is 11.8 Å². The number of amides is 1. The Kier molecular flexibility index (Phi) is 4.40. The number of piperidine rings is 1. The number of aromatic nitrogens is 1. The summed E-state index contributed by atoms with van der Waals surface area (Å²) in [5, 5.41) is 0. The van der Waals surface area contributed by atoms with E-state index in [1.165, 1.54) is 12.8 Å². The highest BCUT2D eigenvalue weighted by Gasteiger charge is 2.37. The molecule has 1 aromatic heterocycles. The zero-order chi connectivity index (χ0) is 17.4. The molecule has 1 aromatic carbocycles. The fourth-order valence-corrected chi connectivity index (χ4v) is 3.75. The van der Waals surface area contributed by atoms with Gasteiger partial charge in [-0.2, -0.15) is 4.98 Å². The number of nitrogens with zero attached hydrogens (tertiary/aromatic N) is 3. The Labute approximate surface area is 149 Å². The summed E-state index contributed by atoms with van der Waals surface area (Å²) in [6, 6.07) is 9.04. The van der Waals surface area contributed by atoms with E-state index in [4.69, 9.17) is 4.42 Å². The van der Waals surface area contributed by atoms with Crippen molar-refractivity contribution in [3.63, 3.8) is 0 Å². The van der Waals surface area contributed by atoms with Gasteiger partial charge in [-0.15, -0.1) is 0 Å². The van der Waals surface area contributed by atoms with Crippen LogP contribution in [0.1, 0.15) is 39.5 Å². The van der Waals surface area contributed by atoms with Crippen LogP contribution < -0.4 is 4.90 Å². The number of carbonyl (C=O) groups is 1. The zero-order valence-corrected chi connectivity index (χ0v) is 15.1. The minimum absolute atomic E-state index is 0.153. The van der Waals surface area contributed by atoms with Gasteiger partial charge < -0.3 is 14.2 Å². The minimum atomic E-state index is 0.153. The predicted molar refractivity (Wildman–Crippen MR) is 98.5 cm³/mol. The van der Waals surface area contributed by atoms with Crippen LogP contribution in [0.5, 0.6) is 0 Å². The Balaban J connectivity index is 1.39. The molecule has 4 rings (SSSR count). The molecule has 0 radical (unpaired) electrons. The molecule has 1 saturated heterocycles. The van der Waals surface area contributed by atoms with Crippen LogP contribution in [0, 0.1) is 11.8 Å². The Hall–Kier alpha value is -2.04. The van der Waals surface area contributed by atoms with E-state index in [2.05, 4.69) is 28.6 Å². The molecule has 0 N–H and O–H groups in total. The van der Waals surface area contributed by atoms with Crippen molar-refractivity contribution in [2.45, 2.75) is 45.6 Å². The number of para-hydroxylation sites is 2. The second kappa shape index (κ2) is 6.70. The summed E-state index contributed by atoms with van der Waals surface area (Å²) >= 11 is 0. The average Bonchev–Trinajstić information content (AvgIpc) is 3.37. The van der Waals surface area contributed by atoms with Crippen LogP contribution >= 0.6 is 0 Å². The molecule has 5 heteroatoms.